The summed E-state index contributed by atoms with van der Waals surface area (Å²) in [6.07, 6.45) is 1.62. The van der Waals surface area contributed by atoms with Crippen molar-refractivity contribution in [3.8, 4) is 23.0 Å². The highest BCUT2D eigenvalue weighted by molar-refractivity contribution is 9.10. The maximum absolute atomic E-state index is 13.1. The van der Waals surface area contributed by atoms with Gasteiger partial charge in [-0.3, -0.25) is 14.5 Å². The second kappa shape index (κ2) is 11.3. The van der Waals surface area contributed by atoms with E-state index in [2.05, 4.69) is 15.9 Å². The predicted octanol–water partition coefficient (Wildman–Crippen LogP) is 7.96. The summed E-state index contributed by atoms with van der Waals surface area (Å²) in [5, 5.41) is 0.995. The minimum Gasteiger partial charge on any atom is -0.493 e. The molecule has 2 aliphatic heterocycles. The Labute approximate surface area is 245 Å². The zero-order valence-electron chi connectivity index (χ0n) is 19.6. The van der Waals surface area contributed by atoms with Crippen molar-refractivity contribution in [3.63, 3.8) is 0 Å². The number of hydrogen-bond donors (Lipinski definition) is 0. The van der Waals surface area contributed by atoms with Crippen molar-refractivity contribution in [2.75, 3.05) is 13.9 Å². The molecule has 5 rings (SSSR count). The van der Waals surface area contributed by atoms with E-state index in [1.54, 1.807) is 48.5 Å². The highest BCUT2D eigenvalue weighted by atomic mass is 79.9. The van der Waals surface area contributed by atoms with Crippen molar-refractivity contribution in [2.24, 2.45) is 0 Å². The van der Waals surface area contributed by atoms with Crippen molar-refractivity contribution in [1.82, 2.24) is 4.90 Å². The van der Waals surface area contributed by atoms with E-state index in [9.17, 15) is 9.59 Å². The molecule has 2 aliphatic rings. The van der Waals surface area contributed by atoms with Gasteiger partial charge in [0.2, 0.25) is 6.79 Å². The quantitative estimate of drug-likeness (QED) is 0.239. The molecule has 0 bridgehead atoms. The maximum atomic E-state index is 13.1. The number of carbonyl (C=O) groups is 2. The summed E-state index contributed by atoms with van der Waals surface area (Å²) >= 11 is 22.9. The molecular weight excluding hydrogens is 641 g/mol. The van der Waals surface area contributed by atoms with Crippen LogP contribution in [0, 0.1) is 0 Å². The Morgan fingerprint density at radius 1 is 1.03 bits per heavy atom. The van der Waals surface area contributed by atoms with E-state index < -0.39 is 11.1 Å². The Bertz CT molecular complexity index is 1500. The van der Waals surface area contributed by atoms with Gasteiger partial charge in [0.15, 0.2) is 23.0 Å². The molecule has 0 N–H and O–H groups in total. The number of fused-ring (bicyclic) bond motifs is 1. The molecule has 0 aromatic heterocycles. The first-order valence-electron chi connectivity index (χ1n) is 11.0. The third-order valence-corrected chi connectivity index (χ3v) is 8.12. The molecule has 0 unspecified atom stereocenters. The molecule has 0 spiro atoms. The lowest BCUT2D eigenvalue weighted by Gasteiger charge is -2.15. The minimum absolute atomic E-state index is 0.00450. The van der Waals surface area contributed by atoms with E-state index in [4.69, 9.17) is 53.8 Å². The summed E-state index contributed by atoms with van der Waals surface area (Å²) < 4.78 is 22.8. The predicted molar refractivity (Wildman–Crippen MR) is 151 cm³/mol. The molecule has 38 heavy (non-hydrogen) atoms. The first-order chi connectivity index (χ1) is 18.2. The van der Waals surface area contributed by atoms with Crippen molar-refractivity contribution in [2.45, 2.75) is 13.2 Å². The summed E-state index contributed by atoms with van der Waals surface area (Å²) in [6, 6.07) is 11.9. The number of amides is 2. The van der Waals surface area contributed by atoms with E-state index in [1.807, 2.05) is 0 Å². The molecule has 1 fully saturated rings. The lowest BCUT2D eigenvalue weighted by Crippen LogP contribution is -2.27. The molecule has 7 nitrogen and oxygen atoms in total. The lowest BCUT2D eigenvalue weighted by atomic mass is 10.1. The average Bonchev–Trinajstić information content (AvgIpc) is 3.43. The van der Waals surface area contributed by atoms with Gasteiger partial charge in [-0.15, -0.1) is 0 Å². The number of imide groups is 1. The van der Waals surface area contributed by atoms with Crippen LogP contribution in [0.1, 0.15) is 16.7 Å². The largest absolute Gasteiger partial charge is 0.493 e. The molecule has 0 atom stereocenters. The smallest absolute Gasteiger partial charge is 0.293 e. The van der Waals surface area contributed by atoms with Crippen LogP contribution >= 0.6 is 62.5 Å². The van der Waals surface area contributed by atoms with Crippen LogP contribution in [0.5, 0.6) is 23.0 Å². The Balaban J connectivity index is 1.34. The summed E-state index contributed by atoms with van der Waals surface area (Å²) in [5.41, 5.74) is 1.97. The van der Waals surface area contributed by atoms with E-state index in [0.717, 1.165) is 22.2 Å². The van der Waals surface area contributed by atoms with Gasteiger partial charge in [-0.1, -0.05) is 40.9 Å². The van der Waals surface area contributed by atoms with Crippen LogP contribution in [0.25, 0.3) is 6.08 Å². The second-order valence-electron chi connectivity index (χ2n) is 8.12. The van der Waals surface area contributed by atoms with Crippen LogP contribution in [-0.2, 0) is 17.9 Å². The first-order valence-corrected chi connectivity index (χ1v) is 13.8. The lowest BCUT2D eigenvalue weighted by molar-refractivity contribution is -0.123. The number of benzene rings is 3. The zero-order valence-corrected chi connectivity index (χ0v) is 24.2. The van der Waals surface area contributed by atoms with E-state index in [0.29, 0.717) is 53.7 Å². The summed E-state index contributed by atoms with van der Waals surface area (Å²) in [6.45, 7) is 0.285. The number of rotatable bonds is 7. The van der Waals surface area contributed by atoms with Gasteiger partial charge in [-0.25, -0.2) is 0 Å². The van der Waals surface area contributed by atoms with Crippen molar-refractivity contribution in [3.05, 3.63) is 83.6 Å². The molecule has 3 aromatic carbocycles. The van der Waals surface area contributed by atoms with Crippen LogP contribution < -0.4 is 18.9 Å². The Hall–Kier alpha value is -2.56. The Kier molecular flexibility index (Phi) is 8.02. The molecule has 12 heteroatoms. The van der Waals surface area contributed by atoms with Gasteiger partial charge >= 0.3 is 0 Å². The van der Waals surface area contributed by atoms with E-state index >= 15 is 0 Å². The monoisotopic (exact) mass is 655 g/mol. The van der Waals surface area contributed by atoms with Gasteiger partial charge < -0.3 is 18.9 Å². The number of methoxy groups -OCH3 is 1. The molecule has 3 aromatic rings. The fourth-order valence-corrected chi connectivity index (χ4v) is 5.88. The molecule has 196 valence electrons. The average molecular weight is 658 g/mol. The highest BCUT2D eigenvalue weighted by Gasteiger charge is 2.36. The fraction of sp³-hybridized carbons (Fsp3) is 0.154. The normalized spacial score (nSPS) is 15.5. The number of nitrogens with zero attached hydrogens (tertiary/aromatic N) is 1. The second-order valence-corrected chi connectivity index (χ2v) is 11.2. The van der Waals surface area contributed by atoms with Crippen molar-refractivity contribution >= 4 is 79.7 Å². The summed E-state index contributed by atoms with van der Waals surface area (Å²) in [7, 11) is 1.51. The number of thioether (sulfide) groups is 1. The third kappa shape index (κ3) is 5.58. The van der Waals surface area contributed by atoms with Crippen molar-refractivity contribution in [1.29, 1.82) is 0 Å². The van der Waals surface area contributed by atoms with Gasteiger partial charge in [0.1, 0.15) is 6.61 Å². The minimum atomic E-state index is -0.429. The number of halogens is 4. The van der Waals surface area contributed by atoms with Gasteiger partial charge in [0.25, 0.3) is 11.1 Å². The van der Waals surface area contributed by atoms with Gasteiger partial charge in [-0.05, 0) is 75.2 Å². The highest BCUT2D eigenvalue weighted by Crippen LogP contribution is 2.41. The molecule has 0 aliphatic carbocycles. The zero-order chi connectivity index (χ0) is 27.0. The van der Waals surface area contributed by atoms with E-state index in [-0.39, 0.29) is 24.8 Å². The number of carbonyl (C=O) groups excluding carboxylic acids is 2. The first kappa shape index (κ1) is 27.0. The molecular formula is C26H17BrCl3NO6S. The van der Waals surface area contributed by atoms with Gasteiger partial charge in [-0.2, -0.15) is 0 Å². The maximum Gasteiger partial charge on any atom is 0.293 e. The van der Waals surface area contributed by atoms with Gasteiger partial charge in [0, 0.05) is 26.7 Å². The van der Waals surface area contributed by atoms with Crippen molar-refractivity contribution < 1.29 is 28.5 Å². The SMILES string of the molecule is COc1cc(/C=C2/SC(=O)N(Cc3cc4c(cc3Cl)OCO4)C2=O)cc(Br)c1OCc1ccc(Cl)cc1Cl. The molecule has 0 radical (unpaired) electrons. The van der Waals surface area contributed by atoms with Crippen LogP contribution in [0.3, 0.4) is 0 Å². The standard InChI is InChI=1S/C26H17BrCl3NO6S/c1-34-22-5-13(4-17(27)24(22)35-11-14-2-3-16(28)8-18(14)29)6-23-25(32)31(26(33)38-23)10-15-7-20-21(9-19(15)30)37-12-36-20/h2-9H,10-12H2,1H3/b23-6+. The van der Waals surface area contributed by atoms with Crippen LogP contribution in [-0.4, -0.2) is 29.9 Å². The Morgan fingerprint density at radius 3 is 2.50 bits per heavy atom. The topological polar surface area (TPSA) is 74.3 Å². The van der Waals surface area contributed by atoms with Crippen LogP contribution in [0.2, 0.25) is 15.1 Å². The number of ether oxygens (including phenoxy) is 4. The third-order valence-electron chi connectivity index (χ3n) is 5.68. The Morgan fingerprint density at radius 2 is 1.76 bits per heavy atom. The molecule has 2 heterocycles. The molecule has 2 amide bonds. The van der Waals surface area contributed by atoms with Crippen LogP contribution in [0.15, 0.2) is 51.8 Å². The summed E-state index contributed by atoms with van der Waals surface area (Å²) in [5.74, 6) is 1.50. The molecule has 1 saturated heterocycles. The summed E-state index contributed by atoms with van der Waals surface area (Å²) in [4.78, 5) is 27.2. The van der Waals surface area contributed by atoms with Gasteiger partial charge in [0.05, 0.1) is 23.0 Å². The van der Waals surface area contributed by atoms with E-state index in [1.165, 1.54) is 7.11 Å². The number of hydrogen-bond acceptors (Lipinski definition) is 7. The fourth-order valence-electron chi connectivity index (χ4n) is 3.79. The molecule has 0 saturated carbocycles. The van der Waals surface area contributed by atoms with Crippen LogP contribution in [0.4, 0.5) is 4.79 Å².